The number of benzene rings is 2. The van der Waals surface area contributed by atoms with Gasteiger partial charge in [-0.15, -0.1) is 0 Å². The maximum Gasteiger partial charge on any atom is 0.254 e. The summed E-state index contributed by atoms with van der Waals surface area (Å²) in [5.74, 6) is -9.61. The van der Waals surface area contributed by atoms with Gasteiger partial charge in [-0.1, -0.05) is 51.1 Å². The van der Waals surface area contributed by atoms with Crippen LogP contribution in [-0.4, -0.2) is 135 Å². The highest BCUT2D eigenvalue weighted by Crippen LogP contribution is 2.41. The van der Waals surface area contributed by atoms with E-state index >= 15 is 4.39 Å². The number of carbonyl (C=O) groups excluding carboxylic acids is 10. The number of nitrogens with one attached hydrogen (secondary N) is 6. The van der Waals surface area contributed by atoms with Gasteiger partial charge in [0.2, 0.25) is 47.3 Å². The molecule has 0 saturated heterocycles. The number of imide groups is 1. The summed E-state index contributed by atoms with van der Waals surface area (Å²) in [5.41, 5.74) is 6.00. The second-order valence-corrected chi connectivity index (χ2v) is 17.9. The number of hydrogen-bond acceptors (Lipinski definition) is 11. The zero-order chi connectivity index (χ0) is 52.7. The topological polar surface area (TPSA) is 301 Å². The van der Waals surface area contributed by atoms with Crippen LogP contribution in [0, 0.1) is 17.0 Å². The molecule has 4 rings (SSSR count). The minimum absolute atomic E-state index is 0.0645. The van der Waals surface area contributed by atoms with Crippen LogP contribution in [0.3, 0.4) is 0 Å². The molecule has 21 nitrogen and oxygen atoms in total. The van der Waals surface area contributed by atoms with Crippen LogP contribution in [0.25, 0.3) is 11.1 Å². The average molecular weight is 991 g/mol. The highest BCUT2D eigenvalue weighted by molar-refractivity contribution is 6.14. The second kappa shape index (κ2) is 25.2. The molecule has 71 heavy (non-hydrogen) atoms. The van der Waals surface area contributed by atoms with Gasteiger partial charge >= 0.3 is 0 Å². The molecule has 0 radical (unpaired) electrons. The van der Waals surface area contributed by atoms with Crippen LogP contribution < -0.4 is 37.6 Å². The number of primary amides is 1. The summed E-state index contributed by atoms with van der Waals surface area (Å²) in [6.07, 6.45) is 2.43. The number of aliphatic hydroxyl groups excluding tert-OH is 1. The lowest BCUT2D eigenvalue weighted by Crippen LogP contribution is -2.58. The van der Waals surface area contributed by atoms with Crippen molar-refractivity contribution in [3.8, 4) is 11.1 Å². The Morgan fingerprint density at radius 3 is 1.99 bits per heavy atom. The lowest BCUT2D eigenvalue weighted by Gasteiger charge is -2.41. The standard InChI is InChI=1S/C48H60F2N10O11/c1-27(54-29(3)62)44(68)55-28(2)45(69)57-36(22-38(51)63)47(71)56-35(46(70)53-18-17-52-39(64)25-60-40(65)14-15-41(60)66)16-19-59(42(67)26-61)43(48(4,5)6)37-20-31(33-21-32(49)12-13-34(33)50)24-58(37)23-30-10-8-7-9-11-30/h7-15,20-21,24,27-28,35-36,43,61H,16-19,22-23,25-26H2,1-6H3,(H2,51,63)(H,52,64)(H,53,70)(H,54,62)(H,55,68)(H,56,71)(H,57,69)/t27-,28+,35-,36-,43-/m0/s1. The van der Waals surface area contributed by atoms with Gasteiger partial charge in [0, 0.05) is 68.3 Å². The largest absolute Gasteiger partial charge is 0.387 e. The van der Waals surface area contributed by atoms with E-state index in [1.807, 2.05) is 30.3 Å². The zero-order valence-corrected chi connectivity index (χ0v) is 40.2. The average Bonchev–Trinajstić information content (AvgIpc) is 3.85. The molecule has 1 aromatic heterocycles. The van der Waals surface area contributed by atoms with E-state index in [-0.39, 0.29) is 37.3 Å². The minimum atomic E-state index is -1.73. The van der Waals surface area contributed by atoms with Crippen molar-refractivity contribution in [3.63, 3.8) is 0 Å². The van der Waals surface area contributed by atoms with Crippen molar-refractivity contribution in [2.24, 2.45) is 11.1 Å². The predicted octanol–water partition coefficient (Wildman–Crippen LogP) is -0.188. The molecule has 2 aromatic carbocycles. The lowest BCUT2D eigenvalue weighted by atomic mass is 9.82. The van der Waals surface area contributed by atoms with Gasteiger partial charge in [0.25, 0.3) is 11.8 Å². The summed E-state index contributed by atoms with van der Waals surface area (Å²) in [5, 5.41) is 25.0. The van der Waals surface area contributed by atoms with Crippen LogP contribution in [0.1, 0.15) is 71.7 Å². The normalized spacial score (nSPS) is 14.4. The quantitative estimate of drug-likeness (QED) is 0.0430. The number of carbonyl (C=O) groups is 10. The first-order valence-electron chi connectivity index (χ1n) is 22.5. The SMILES string of the molecule is CC(=O)N[C@@H](C)C(=O)N[C@H](C)C(=O)N[C@@H](CC(N)=O)C(=O)N[C@@H](CCN(C(=O)CO)[C@@H](c1cc(-c2cc(F)ccc2F)cn1Cc1ccccc1)C(C)(C)C)C(=O)NCCNC(=O)CN1C(=O)C=CC1=O. The molecule has 5 atom stereocenters. The summed E-state index contributed by atoms with van der Waals surface area (Å²) in [7, 11) is 0. The number of hydrogen-bond donors (Lipinski definition) is 8. The van der Waals surface area contributed by atoms with Crippen LogP contribution in [0.5, 0.6) is 0 Å². The predicted molar refractivity (Wildman–Crippen MR) is 251 cm³/mol. The summed E-state index contributed by atoms with van der Waals surface area (Å²) in [4.78, 5) is 130. The Balaban J connectivity index is 1.68. The molecular formula is C48H60F2N10O11. The fourth-order valence-electron chi connectivity index (χ4n) is 7.69. The highest BCUT2D eigenvalue weighted by atomic mass is 19.1. The van der Waals surface area contributed by atoms with E-state index in [0.717, 1.165) is 35.9 Å². The molecule has 0 spiro atoms. The summed E-state index contributed by atoms with van der Waals surface area (Å²) in [6.45, 7) is 6.92. The first-order chi connectivity index (χ1) is 33.4. The van der Waals surface area contributed by atoms with E-state index < -0.39 is 132 Å². The van der Waals surface area contributed by atoms with Gasteiger partial charge in [0.1, 0.15) is 49.0 Å². The molecule has 2 heterocycles. The molecule has 1 aliphatic heterocycles. The molecule has 0 saturated carbocycles. The van der Waals surface area contributed by atoms with E-state index in [2.05, 4.69) is 31.9 Å². The summed E-state index contributed by atoms with van der Waals surface area (Å²) < 4.78 is 31.7. The molecule has 9 N–H and O–H groups in total. The maximum atomic E-state index is 15.3. The van der Waals surface area contributed by atoms with Crippen molar-refractivity contribution < 1.29 is 61.8 Å². The van der Waals surface area contributed by atoms with Gasteiger partial charge in [0.15, 0.2) is 0 Å². The molecule has 3 aromatic rings. The third kappa shape index (κ3) is 16.1. The third-order valence-corrected chi connectivity index (χ3v) is 11.1. The van der Waals surface area contributed by atoms with Crippen molar-refractivity contribution in [1.29, 1.82) is 0 Å². The molecule has 10 amide bonds. The monoisotopic (exact) mass is 990 g/mol. The van der Waals surface area contributed by atoms with E-state index in [1.165, 1.54) is 25.7 Å². The Hall–Kier alpha value is -7.82. The Morgan fingerprint density at radius 2 is 1.38 bits per heavy atom. The molecule has 382 valence electrons. The van der Waals surface area contributed by atoms with Crippen molar-refractivity contribution in [2.75, 3.05) is 32.8 Å². The van der Waals surface area contributed by atoms with Gasteiger partial charge in [-0.25, -0.2) is 8.78 Å². The number of aromatic nitrogens is 1. The molecule has 0 fully saturated rings. The number of rotatable bonds is 24. The first kappa shape index (κ1) is 55.8. The Bertz CT molecular complexity index is 2510. The Kier molecular flexibility index (Phi) is 19.8. The van der Waals surface area contributed by atoms with Crippen LogP contribution in [0.2, 0.25) is 0 Å². The molecular weight excluding hydrogens is 931 g/mol. The van der Waals surface area contributed by atoms with E-state index in [9.17, 15) is 57.4 Å². The molecule has 23 heteroatoms. The van der Waals surface area contributed by atoms with Crippen LogP contribution in [0.4, 0.5) is 8.78 Å². The first-order valence-corrected chi connectivity index (χ1v) is 22.5. The van der Waals surface area contributed by atoms with Gasteiger partial charge in [0.05, 0.1) is 12.5 Å². The smallest absolute Gasteiger partial charge is 0.254 e. The van der Waals surface area contributed by atoms with E-state index in [0.29, 0.717) is 10.6 Å². The minimum Gasteiger partial charge on any atom is -0.387 e. The van der Waals surface area contributed by atoms with Crippen LogP contribution in [0.15, 0.2) is 72.9 Å². The highest BCUT2D eigenvalue weighted by Gasteiger charge is 2.39. The third-order valence-electron chi connectivity index (χ3n) is 11.1. The van der Waals surface area contributed by atoms with E-state index in [1.54, 1.807) is 37.6 Å². The Morgan fingerprint density at radius 1 is 0.775 bits per heavy atom. The molecule has 0 aliphatic carbocycles. The number of nitrogens with zero attached hydrogens (tertiary/aromatic N) is 3. The summed E-state index contributed by atoms with van der Waals surface area (Å²) >= 11 is 0. The molecule has 0 bridgehead atoms. The fraction of sp³-hybridized carbons (Fsp3) is 0.417. The van der Waals surface area contributed by atoms with Crippen molar-refractivity contribution in [1.82, 2.24) is 46.3 Å². The number of aliphatic hydroxyl groups is 1. The van der Waals surface area contributed by atoms with Gasteiger partial charge in [-0.3, -0.25) is 52.8 Å². The number of amides is 10. The second-order valence-electron chi connectivity index (χ2n) is 17.9. The fourth-order valence-corrected chi connectivity index (χ4v) is 7.69. The van der Waals surface area contributed by atoms with Gasteiger partial charge in [-0.2, -0.15) is 0 Å². The number of nitrogens with two attached hydrogens (primary N) is 1. The number of halogens is 2. The van der Waals surface area contributed by atoms with Crippen molar-refractivity contribution >= 4 is 59.1 Å². The van der Waals surface area contributed by atoms with Crippen molar-refractivity contribution in [2.45, 2.75) is 91.1 Å². The van der Waals surface area contributed by atoms with Crippen LogP contribution >= 0.6 is 0 Å². The summed E-state index contributed by atoms with van der Waals surface area (Å²) in [6, 6.07) is 7.08. The molecule has 1 aliphatic rings. The van der Waals surface area contributed by atoms with Gasteiger partial charge in [-0.05, 0) is 55.5 Å². The molecule has 0 unspecified atom stereocenters. The maximum absolute atomic E-state index is 15.3. The lowest BCUT2D eigenvalue weighted by molar-refractivity contribution is -0.141. The van der Waals surface area contributed by atoms with Crippen molar-refractivity contribution in [3.05, 3.63) is 95.8 Å². The van der Waals surface area contributed by atoms with Crippen LogP contribution in [-0.2, 0) is 54.5 Å². The van der Waals surface area contributed by atoms with Gasteiger partial charge < -0.3 is 52.2 Å². The Labute approximate surface area is 408 Å². The van der Waals surface area contributed by atoms with E-state index in [4.69, 9.17) is 5.73 Å². The zero-order valence-electron chi connectivity index (χ0n) is 40.2.